The highest BCUT2D eigenvalue weighted by Crippen LogP contribution is 2.41. The van der Waals surface area contributed by atoms with Gasteiger partial charge >= 0.3 is 6.03 Å². The summed E-state index contributed by atoms with van der Waals surface area (Å²) < 4.78 is 8.01. The summed E-state index contributed by atoms with van der Waals surface area (Å²) in [7, 11) is 0. The van der Waals surface area contributed by atoms with Gasteiger partial charge in [0.15, 0.2) is 0 Å². The number of amides is 7. The van der Waals surface area contributed by atoms with Crippen molar-refractivity contribution in [2.75, 3.05) is 64.2 Å². The van der Waals surface area contributed by atoms with Crippen molar-refractivity contribution in [2.45, 2.75) is 69.6 Å². The highest BCUT2D eigenvalue weighted by atomic mass is 16.5. The lowest BCUT2D eigenvalue weighted by molar-refractivity contribution is -0.136. The number of ether oxygens (including phenoxy) is 1. The summed E-state index contributed by atoms with van der Waals surface area (Å²) in [6.07, 6.45) is 5.04. The topological polar surface area (TPSA) is 196 Å². The number of rotatable bonds is 9. The molecule has 0 spiro atoms. The molecule has 0 radical (unpaired) electrons. The molecule has 7 amide bonds. The molecule has 65 heavy (non-hydrogen) atoms. The van der Waals surface area contributed by atoms with E-state index in [1.165, 1.54) is 0 Å². The molecule has 17 heteroatoms. The Labute approximate surface area is 376 Å². The quantitative estimate of drug-likeness (QED) is 0.203. The number of hydrogen-bond acceptors (Lipinski definition) is 11. The summed E-state index contributed by atoms with van der Waals surface area (Å²) in [4.78, 5) is 87.0. The van der Waals surface area contributed by atoms with Crippen molar-refractivity contribution in [3.63, 3.8) is 0 Å². The van der Waals surface area contributed by atoms with E-state index in [2.05, 4.69) is 20.4 Å². The van der Waals surface area contributed by atoms with Gasteiger partial charge in [-0.1, -0.05) is 24.3 Å². The molecule has 338 valence electrons. The predicted molar refractivity (Wildman–Crippen MR) is 239 cm³/mol. The number of nitrogens with two attached hydrogens (primary N) is 1. The van der Waals surface area contributed by atoms with Crippen molar-refractivity contribution in [1.82, 2.24) is 39.6 Å². The molecule has 17 nitrogen and oxygen atoms in total. The molecular weight excluding hydrogens is 829 g/mol. The number of aromatic nitrogens is 2. The Hall–Kier alpha value is -6.59. The minimum absolute atomic E-state index is 0.0750. The fourth-order valence-corrected chi connectivity index (χ4v) is 10.7. The normalized spacial score (nSPS) is 22.4. The maximum absolute atomic E-state index is 13.7. The number of piperidine rings is 3. The first kappa shape index (κ1) is 42.4. The highest BCUT2D eigenvalue weighted by molar-refractivity contribution is 6.23. The first-order valence-electron chi connectivity index (χ1n) is 22.9. The Morgan fingerprint density at radius 1 is 0.738 bits per heavy atom. The van der Waals surface area contributed by atoms with Crippen LogP contribution in [-0.2, 0) is 16.1 Å². The SMILES string of the molecule is NC(=O)c1c(-c2ccc(Oc3ccccc3)cc2)nn2c1NCC[C@H]2C1CCN(C2CCN(C(=O)N3CCN(Cc4ccc5c(c4)C(=O)N(C4CCC(=O)NC4=O)C5=O)CC3)CC2)CC1. The number of hydrogen-bond donors (Lipinski definition) is 3. The van der Waals surface area contributed by atoms with Crippen LogP contribution in [0.4, 0.5) is 10.6 Å². The van der Waals surface area contributed by atoms with Crippen LogP contribution in [0, 0.1) is 5.92 Å². The van der Waals surface area contributed by atoms with Crippen molar-refractivity contribution >= 4 is 41.4 Å². The van der Waals surface area contributed by atoms with Crippen molar-refractivity contribution in [3.8, 4) is 22.8 Å². The Balaban J connectivity index is 0.692. The van der Waals surface area contributed by atoms with Gasteiger partial charge in [-0.15, -0.1) is 0 Å². The minimum atomic E-state index is -0.996. The van der Waals surface area contributed by atoms with Crippen molar-refractivity contribution in [1.29, 1.82) is 0 Å². The second-order valence-corrected chi connectivity index (χ2v) is 18.1. The molecule has 4 N–H and O–H groups in total. The van der Waals surface area contributed by atoms with E-state index >= 15 is 0 Å². The molecule has 0 saturated carbocycles. The monoisotopic (exact) mass is 882 g/mol. The van der Waals surface area contributed by atoms with Gasteiger partial charge in [-0.25, -0.2) is 9.48 Å². The Bertz CT molecular complexity index is 2500. The number of piperazine rings is 1. The van der Waals surface area contributed by atoms with Crippen LogP contribution >= 0.6 is 0 Å². The molecule has 3 aromatic carbocycles. The van der Waals surface area contributed by atoms with Crippen LogP contribution in [0.5, 0.6) is 11.5 Å². The number of primary amides is 1. The number of imide groups is 2. The molecule has 6 aliphatic heterocycles. The van der Waals surface area contributed by atoms with Gasteiger partial charge in [0.25, 0.3) is 17.7 Å². The molecule has 2 atom stereocenters. The summed E-state index contributed by atoms with van der Waals surface area (Å²) >= 11 is 0. The van der Waals surface area contributed by atoms with E-state index in [0.29, 0.717) is 67.5 Å². The number of fused-ring (bicyclic) bond motifs is 2. The molecule has 7 heterocycles. The highest BCUT2D eigenvalue weighted by Gasteiger charge is 2.45. The lowest BCUT2D eigenvalue weighted by Crippen LogP contribution is -2.55. The van der Waals surface area contributed by atoms with Crippen LogP contribution in [0.1, 0.15) is 87.6 Å². The predicted octanol–water partition coefficient (Wildman–Crippen LogP) is 4.31. The Morgan fingerprint density at radius 2 is 1.43 bits per heavy atom. The van der Waals surface area contributed by atoms with Gasteiger partial charge in [0.05, 0.1) is 17.2 Å². The van der Waals surface area contributed by atoms with Crippen LogP contribution in [-0.4, -0.2) is 141 Å². The summed E-state index contributed by atoms with van der Waals surface area (Å²) in [5.74, 6) is -0.0156. The van der Waals surface area contributed by atoms with Gasteiger partial charge in [-0.05, 0) is 112 Å². The smallest absolute Gasteiger partial charge is 0.320 e. The average molecular weight is 883 g/mol. The van der Waals surface area contributed by atoms with Crippen molar-refractivity contribution < 1.29 is 33.5 Å². The van der Waals surface area contributed by atoms with Crippen LogP contribution in [0.15, 0.2) is 72.8 Å². The van der Waals surface area contributed by atoms with E-state index in [1.54, 1.807) is 12.1 Å². The standard InChI is InChI=1S/C48H54N10O7/c49-43(60)41-42(32-7-9-35(10-8-32)65-34-4-2-1-3-5-34)52-58-38(14-19-50-44(41)58)31-15-20-54(21-16-31)33-17-22-55(23-18-33)48(64)56-26-24-53(25-27-56)29-30-6-11-36-37(28-30)47(63)57(46(36)62)39-12-13-40(59)51-45(39)61/h1-11,28,31,33,38-39,50H,12-27,29H2,(H2,49,60)(H,51,59,61)/t38-,39?/m0/s1. The van der Waals surface area contributed by atoms with Gasteiger partial charge in [0.2, 0.25) is 11.8 Å². The molecule has 4 saturated heterocycles. The van der Waals surface area contributed by atoms with Crippen molar-refractivity contribution in [3.05, 3.63) is 95.1 Å². The third-order valence-electron chi connectivity index (χ3n) is 14.2. The van der Waals surface area contributed by atoms with Crippen LogP contribution in [0.3, 0.4) is 0 Å². The molecule has 1 unspecified atom stereocenters. The molecule has 6 aliphatic rings. The fourth-order valence-electron chi connectivity index (χ4n) is 10.7. The van der Waals surface area contributed by atoms with Crippen LogP contribution in [0.25, 0.3) is 11.3 Å². The number of para-hydroxylation sites is 1. The summed E-state index contributed by atoms with van der Waals surface area (Å²) in [6, 6.07) is 22.1. The zero-order valence-electron chi connectivity index (χ0n) is 36.3. The van der Waals surface area contributed by atoms with Crippen LogP contribution in [0.2, 0.25) is 0 Å². The van der Waals surface area contributed by atoms with Gasteiger partial charge < -0.3 is 30.5 Å². The summed E-state index contributed by atoms with van der Waals surface area (Å²) in [5, 5.41) is 10.7. The van der Waals surface area contributed by atoms with Crippen molar-refractivity contribution in [2.24, 2.45) is 11.7 Å². The zero-order valence-corrected chi connectivity index (χ0v) is 36.3. The fraction of sp³-hybridized carbons (Fsp3) is 0.438. The lowest BCUT2D eigenvalue weighted by atomic mass is 9.85. The number of carbonyl (C=O) groups is 6. The molecule has 0 bridgehead atoms. The zero-order chi connectivity index (χ0) is 44.8. The summed E-state index contributed by atoms with van der Waals surface area (Å²) in [6.45, 7) is 7.30. The lowest BCUT2D eigenvalue weighted by Gasteiger charge is -2.45. The van der Waals surface area contributed by atoms with Gasteiger partial charge in [-0.2, -0.15) is 5.10 Å². The number of carbonyl (C=O) groups excluding carboxylic acids is 6. The second kappa shape index (κ2) is 17.8. The molecule has 10 rings (SSSR count). The average Bonchev–Trinajstić information content (AvgIpc) is 3.84. The summed E-state index contributed by atoms with van der Waals surface area (Å²) in [5.41, 5.74) is 9.22. The molecule has 4 aromatic rings. The molecular formula is C48H54N10O7. The van der Waals surface area contributed by atoms with Gasteiger partial charge in [-0.3, -0.25) is 39.1 Å². The van der Waals surface area contributed by atoms with E-state index in [1.807, 2.05) is 75.1 Å². The Morgan fingerprint density at radius 3 is 2.14 bits per heavy atom. The number of nitrogens with zero attached hydrogens (tertiary/aromatic N) is 7. The minimum Gasteiger partial charge on any atom is -0.457 e. The maximum Gasteiger partial charge on any atom is 0.320 e. The molecule has 4 fully saturated rings. The van der Waals surface area contributed by atoms with Gasteiger partial charge in [0, 0.05) is 70.4 Å². The van der Waals surface area contributed by atoms with E-state index in [4.69, 9.17) is 15.6 Å². The third kappa shape index (κ3) is 8.34. The van der Waals surface area contributed by atoms with E-state index < -0.39 is 35.6 Å². The first-order valence-corrected chi connectivity index (χ1v) is 22.9. The molecule has 1 aromatic heterocycles. The largest absolute Gasteiger partial charge is 0.457 e. The van der Waals surface area contributed by atoms with E-state index in [9.17, 15) is 28.8 Å². The number of urea groups is 1. The maximum atomic E-state index is 13.7. The second-order valence-electron chi connectivity index (χ2n) is 18.1. The van der Waals surface area contributed by atoms with Gasteiger partial charge in [0.1, 0.15) is 34.6 Å². The Kier molecular flexibility index (Phi) is 11.6. The third-order valence-corrected chi connectivity index (χ3v) is 14.2. The number of anilines is 1. The number of likely N-dealkylation sites (tertiary alicyclic amines) is 2. The number of benzene rings is 3. The molecule has 0 aliphatic carbocycles. The number of nitrogens with one attached hydrogen (secondary N) is 2. The van der Waals surface area contributed by atoms with Crippen LogP contribution < -0.4 is 21.1 Å². The first-order chi connectivity index (χ1) is 31.6. The van der Waals surface area contributed by atoms with E-state index in [-0.39, 0.29) is 36.0 Å². The van der Waals surface area contributed by atoms with E-state index in [0.717, 1.165) is 86.6 Å².